The van der Waals surface area contributed by atoms with Gasteiger partial charge in [0.15, 0.2) is 0 Å². The highest BCUT2D eigenvalue weighted by molar-refractivity contribution is 3.54. The normalized spacial score (nSPS) is 2.57. The van der Waals surface area contributed by atoms with Crippen molar-refractivity contribution in [1.29, 1.82) is 0 Å². The van der Waals surface area contributed by atoms with Gasteiger partial charge in [-0.1, -0.05) is 0 Å². The zero-order chi connectivity index (χ0) is 6.00. The van der Waals surface area contributed by atoms with Crippen molar-refractivity contribution in [3.63, 3.8) is 0 Å². The van der Waals surface area contributed by atoms with E-state index in [9.17, 15) is 0 Å². The fourth-order valence-electron chi connectivity index (χ4n) is 0. The van der Waals surface area contributed by atoms with Crippen molar-refractivity contribution < 1.29 is 0 Å². The molecule has 0 aliphatic rings. The summed E-state index contributed by atoms with van der Waals surface area (Å²) < 4.78 is 0. The first kappa shape index (κ1) is 28.9. The molecule has 0 spiro atoms. The van der Waals surface area contributed by atoms with Gasteiger partial charge in [-0.05, 0) is 21.1 Å². The fourth-order valence-corrected chi connectivity index (χ4v) is 0. The zero-order valence-corrected chi connectivity index (χ0v) is 5.44. The smallest absolute Gasteiger partial charge is 0.0195 e. The Morgan fingerprint density at radius 3 is 0.571 bits per heavy atom. The SMILES string of the molecule is CN.CN.CN.N. The Hall–Kier alpha value is -0.160. The van der Waals surface area contributed by atoms with Crippen LogP contribution in [0.5, 0.6) is 0 Å². The van der Waals surface area contributed by atoms with E-state index < -0.39 is 0 Å². The van der Waals surface area contributed by atoms with E-state index in [0.717, 1.165) is 0 Å². The molecule has 0 saturated heterocycles. The average Bonchev–Trinajstić information content (AvgIpc) is 1.81. The standard InChI is InChI=1S/3CH5N.H3N/c3*1-2;/h3*2H2,1H3;1H3. The van der Waals surface area contributed by atoms with Gasteiger partial charge in [-0.3, -0.25) is 0 Å². The average molecular weight is 110 g/mol. The molecule has 0 atom stereocenters. The van der Waals surface area contributed by atoms with Crippen molar-refractivity contribution in [2.75, 3.05) is 21.1 Å². The molecule has 4 heteroatoms. The molecule has 0 aromatic heterocycles. The monoisotopic (exact) mass is 110 g/mol. The first-order valence-corrected chi connectivity index (χ1v) is 1.73. The summed E-state index contributed by atoms with van der Waals surface area (Å²) >= 11 is 0. The third kappa shape index (κ3) is 3360. The van der Waals surface area contributed by atoms with E-state index in [4.69, 9.17) is 0 Å². The van der Waals surface area contributed by atoms with Gasteiger partial charge in [0.2, 0.25) is 0 Å². The molecule has 50 valence electrons. The Balaban J connectivity index is -0.00000000900. The van der Waals surface area contributed by atoms with Crippen molar-refractivity contribution in [1.82, 2.24) is 6.15 Å². The van der Waals surface area contributed by atoms with E-state index in [1.807, 2.05) is 0 Å². The maximum atomic E-state index is 4.50. The largest absolute Gasteiger partial charge is 0.344 e. The number of hydrogen-bond acceptors (Lipinski definition) is 4. The van der Waals surface area contributed by atoms with Crippen LogP contribution >= 0.6 is 0 Å². The molecule has 0 aromatic carbocycles. The van der Waals surface area contributed by atoms with Gasteiger partial charge >= 0.3 is 0 Å². The van der Waals surface area contributed by atoms with Crippen molar-refractivity contribution in [2.45, 2.75) is 0 Å². The molecule has 0 aliphatic carbocycles. The predicted molar refractivity (Wildman–Crippen MR) is 35.4 cm³/mol. The highest BCUT2D eigenvalue weighted by Crippen LogP contribution is 0.473. The molecule has 0 heterocycles. The van der Waals surface area contributed by atoms with Crippen molar-refractivity contribution in [2.24, 2.45) is 17.2 Å². The zero-order valence-electron chi connectivity index (χ0n) is 5.44. The quantitative estimate of drug-likeness (QED) is 0.316. The molecule has 0 fully saturated rings. The lowest BCUT2D eigenvalue weighted by Crippen LogP contribution is -1.69. The molecule has 0 saturated carbocycles. The Morgan fingerprint density at radius 2 is 0.571 bits per heavy atom. The van der Waals surface area contributed by atoms with Gasteiger partial charge < -0.3 is 23.4 Å². The minimum atomic E-state index is 0. The lowest BCUT2D eigenvalue weighted by Gasteiger charge is -1.19. The first-order valence-electron chi connectivity index (χ1n) is 1.73. The summed E-state index contributed by atoms with van der Waals surface area (Å²) in [5, 5.41) is 0. The Kier molecular flexibility index (Phi) is 22100. The van der Waals surface area contributed by atoms with Gasteiger partial charge in [0.1, 0.15) is 0 Å². The highest BCUT2D eigenvalue weighted by Gasteiger charge is 0.840. The van der Waals surface area contributed by atoms with Gasteiger partial charge in [0, 0.05) is 0 Å². The summed E-state index contributed by atoms with van der Waals surface area (Å²) in [4.78, 5) is 0. The van der Waals surface area contributed by atoms with Crippen LogP contribution in [0.15, 0.2) is 0 Å². The second-order valence-corrected chi connectivity index (χ2v) is 0. The third-order valence-corrected chi connectivity index (χ3v) is 0. The molecule has 0 bridgehead atoms. The maximum Gasteiger partial charge on any atom is -0.0195 e. The van der Waals surface area contributed by atoms with E-state index in [1.165, 1.54) is 21.1 Å². The van der Waals surface area contributed by atoms with Gasteiger partial charge in [0.05, 0.1) is 0 Å². The summed E-state index contributed by atoms with van der Waals surface area (Å²) in [5.41, 5.74) is 13.5. The van der Waals surface area contributed by atoms with Crippen LogP contribution in [0.3, 0.4) is 0 Å². The molecule has 9 N–H and O–H groups in total. The van der Waals surface area contributed by atoms with Crippen LogP contribution in [0.1, 0.15) is 0 Å². The van der Waals surface area contributed by atoms with Crippen LogP contribution in [0.2, 0.25) is 0 Å². The fraction of sp³-hybridized carbons (Fsp3) is 1.00. The second kappa shape index (κ2) is 5340. The Labute approximate surface area is 45.6 Å². The molecule has 0 radical (unpaired) electrons. The summed E-state index contributed by atoms with van der Waals surface area (Å²) in [6.07, 6.45) is 0. The molecule has 7 heavy (non-hydrogen) atoms. The van der Waals surface area contributed by atoms with E-state index in [-0.39, 0.29) is 6.15 Å². The molecule has 0 rings (SSSR count). The molecule has 0 amide bonds. The Morgan fingerprint density at radius 1 is 0.571 bits per heavy atom. The second-order valence-electron chi connectivity index (χ2n) is 0. The lowest BCUT2D eigenvalue weighted by molar-refractivity contribution is 1.48. The van der Waals surface area contributed by atoms with Crippen molar-refractivity contribution >= 4 is 0 Å². The van der Waals surface area contributed by atoms with Crippen LogP contribution in [-0.2, 0) is 0 Å². The first-order chi connectivity index (χ1) is 3.00. The summed E-state index contributed by atoms with van der Waals surface area (Å²) in [5.74, 6) is 0. The van der Waals surface area contributed by atoms with Gasteiger partial charge in [-0.15, -0.1) is 0 Å². The van der Waals surface area contributed by atoms with Crippen LogP contribution in [0.25, 0.3) is 0 Å². The van der Waals surface area contributed by atoms with Crippen LogP contribution in [0.4, 0.5) is 0 Å². The van der Waals surface area contributed by atoms with Crippen LogP contribution < -0.4 is 23.4 Å². The summed E-state index contributed by atoms with van der Waals surface area (Å²) in [6.45, 7) is 0. The molecule has 4 nitrogen and oxygen atoms in total. The van der Waals surface area contributed by atoms with E-state index >= 15 is 0 Å². The number of rotatable bonds is 0. The third-order valence-electron chi connectivity index (χ3n) is 0. The highest BCUT2D eigenvalue weighted by atomic mass is 14.4. The predicted octanol–water partition coefficient (Wildman–Crippen LogP) is -1.11. The molecule has 0 aromatic rings. The number of nitrogens with two attached hydrogens (primary N) is 3. The summed E-state index contributed by atoms with van der Waals surface area (Å²) in [6, 6.07) is 0. The molecular weight excluding hydrogens is 92.1 g/mol. The van der Waals surface area contributed by atoms with E-state index in [1.54, 1.807) is 0 Å². The molecular formula is C3H18N4. The van der Waals surface area contributed by atoms with Crippen LogP contribution in [-0.4, -0.2) is 21.1 Å². The minimum absolute atomic E-state index is 0. The molecule has 0 aliphatic heterocycles. The molecule has 0 unspecified atom stereocenters. The lowest BCUT2D eigenvalue weighted by atomic mass is 11.6. The summed E-state index contributed by atoms with van der Waals surface area (Å²) in [7, 11) is 4.50. The minimum Gasteiger partial charge on any atom is -0.344 e. The van der Waals surface area contributed by atoms with Crippen molar-refractivity contribution in [3.05, 3.63) is 0 Å². The number of hydrogen-bond donors (Lipinski definition) is 4. The van der Waals surface area contributed by atoms with E-state index in [2.05, 4.69) is 17.2 Å². The Bertz CT molecular complexity index is 6.90. The maximum absolute atomic E-state index is 4.50. The topological polar surface area (TPSA) is 113 Å². The van der Waals surface area contributed by atoms with Gasteiger partial charge in [-0.2, -0.15) is 0 Å². The van der Waals surface area contributed by atoms with Crippen LogP contribution in [0, 0.1) is 0 Å². The van der Waals surface area contributed by atoms with Gasteiger partial charge in [0.25, 0.3) is 0 Å². The van der Waals surface area contributed by atoms with E-state index in [0.29, 0.717) is 0 Å². The van der Waals surface area contributed by atoms with Gasteiger partial charge in [-0.25, -0.2) is 0 Å². The van der Waals surface area contributed by atoms with Crippen molar-refractivity contribution in [3.8, 4) is 0 Å².